The lowest BCUT2D eigenvalue weighted by molar-refractivity contribution is -0.123. The first-order valence-electron chi connectivity index (χ1n) is 9.36. The SMILES string of the molecule is O=C(NCC1(O)CCc2ccccc21)C(c1ccccc1)c1ccccc1. The lowest BCUT2D eigenvalue weighted by Gasteiger charge is -2.26. The second-order valence-electron chi connectivity index (χ2n) is 7.16. The molecule has 2 N–H and O–H groups in total. The molecule has 0 bridgehead atoms. The summed E-state index contributed by atoms with van der Waals surface area (Å²) in [6.07, 6.45) is 1.47. The molecular weight excluding hydrogens is 334 g/mol. The minimum atomic E-state index is -0.996. The molecule has 3 aromatic rings. The van der Waals surface area contributed by atoms with Crippen LogP contribution >= 0.6 is 0 Å². The van der Waals surface area contributed by atoms with E-state index in [-0.39, 0.29) is 12.5 Å². The summed E-state index contributed by atoms with van der Waals surface area (Å²) in [4.78, 5) is 13.1. The van der Waals surface area contributed by atoms with Crippen LogP contribution in [0.4, 0.5) is 0 Å². The maximum Gasteiger partial charge on any atom is 0.232 e. The molecule has 3 nitrogen and oxygen atoms in total. The molecule has 1 aliphatic rings. The first-order chi connectivity index (χ1) is 13.2. The zero-order valence-corrected chi connectivity index (χ0v) is 15.1. The quantitative estimate of drug-likeness (QED) is 0.730. The van der Waals surface area contributed by atoms with Gasteiger partial charge in [-0.05, 0) is 35.1 Å². The lowest BCUT2D eigenvalue weighted by atomic mass is 9.90. The van der Waals surface area contributed by atoms with E-state index in [2.05, 4.69) is 5.32 Å². The largest absolute Gasteiger partial charge is 0.383 e. The Balaban J connectivity index is 1.57. The first-order valence-corrected chi connectivity index (χ1v) is 9.36. The van der Waals surface area contributed by atoms with Crippen molar-refractivity contribution in [2.24, 2.45) is 0 Å². The number of hydrogen-bond donors (Lipinski definition) is 2. The maximum atomic E-state index is 13.1. The minimum Gasteiger partial charge on any atom is -0.383 e. The van der Waals surface area contributed by atoms with Gasteiger partial charge >= 0.3 is 0 Å². The van der Waals surface area contributed by atoms with Crippen LogP contribution in [0, 0.1) is 0 Å². The van der Waals surface area contributed by atoms with Crippen molar-refractivity contribution in [2.75, 3.05) is 6.54 Å². The van der Waals surface area contributed by atoms with Gasteiger partial charge in [-0.3, -0.25) is 4.79 Å². The van der Waals surface area contributed by atoms with Gasteiger partial charge in [-0.15, -0.1) is 0 Å². The minimum absolute atomic E-state index is 0.0924. The van der Waals surface area contributed by atoms with Crippen molar-refractivity contribution in [3.05, 3.63) is 107 Å². The highest BCUT2D eigenvalue weighted by atomic mass is 16.3. The molecule has 27 heavy (non-hydrogen) atoms. The second-order valence-corrected chi connectivity index (χ2v) is 7.16. The molecule has 0 spiro atoms. The van der Waals surface area contributed by atoms with Crippen molar-refractivity contribution in [1.29, 1.82) is 0 Å². The van der Waals surface area contributed by atoms with Crippen molar-refractivity contribution < 1.29 is 9.90 Å². The van der Waals surface area contributed by atoms with Crippen molar-refractivity contribution >= 4 is 5.91 Å². The molecule has 4 rings (SSSR count). The average molecular weight is 357 g/mol. The van der Waals surface area contributed by atoms with E-state index in [1.165, 1.54) is 0 Å². The van der Waals surface area contributed by atoms with Gasteiger partial charge in [0.05, 0.1) is 12.5 Å². The van der Waals surface area contributed by atoms with Gasteiger partial charge in [-0.2, -0.15) is 0 Å². The molecule has 0 saturated carbocycles. The van der Waals surface area contributed by atoms with E-state index in [0.29, 0.717) is 6.42 Å². The van der Waals surface area contributed by atoms with Gasteiger partial charge in [0, 0.05) is 0 Å². The fourth-order valence-corrected chi connectivity index (χ4v) is 3.97. The number of amides is 1. The van der Waals surface area contributed by atoms with Crippen molar-refractivity contribution in [3.63, 3.8) is 0 Å². The third-order valence-corrected chi connectivity index (χ3v) is 5.41. The zero-order valence-electron chi connectivity index (χ0n) is 15.1. The Hall–Kier alpha value is -2.91. The predicted octanol–water partition coefficient (Wildman–Crippen LogP) is 3.77. The van der Waals surface area contributed by atoms with Crippen LogP contribution in [0.25, 0.3) is 0 Å². The molecule has 0 heterocycles. The highest BCUT2D eigenvalue weighted by Crippen LogP contribution is 2.36. The zero-order chi connectivity index (χ0) is 18.7. The number of aryl methyl sites for hydroxylation is 1. The summed E-state index contributed by atoms with van der Waals surface area (Å²) in [5, 5.41) is 14.1. The molecule has 3 aromatic carbocycles. The number of benzene rings is 3. The van der Waals surface area contributed by atoms with E-state index in [9.17, 15) is 9.90 Å². The van der Waals surface area contributed by atoms with Gasteiger partial charge in [0.25, 0.3) is 0 Å². The van der Waals surface area contributed by atoms with Gasteiger partial charge in [0.15, 0.2) is 0 Å². The topological polar surface area (TPSA) is 49.3 Å². The molecule has 0 aliphatic heterocycles. The number of rotatable bonds is 5. The smallest absolute Gasteiger partial charge is 0.232 e. The molecule has 1 atom stereocenters. The summed E-state index contributed by atoms with van der Waals surface area (Å²) in [5.41, 5.74) is 2.99. The Morgan fingerprint density at radius 1 is 0.889 bits per heavy atom. The highest BCUT2D eigenvalue weighted by molar-refractivity contribution is 5.87. The summed E-state index contributed by atoms with van der Waals surface area (Å²) in [7, 11) is 0. The van der Waals surface area contributed by atoms with Gasteiger partial charge in [-0.25, -0.2) is 0 Å². The summed E-state index contributed by atoms with van der Waals surface area (Å²) >= 11 is 0. The van der Waals surface area contributed by atoms with E-state index in [1.54, 1.807) is 0 Å². The lowest BCUT2D eigenvalue weighted by Crippen LogP contribution is -2.41. The number of carbonyl (C=O) groups is 1. The molecule has 0 radical (unpaired) electrons. The van der Waals surface area contributed by atoms with E-state index in [4.69, 9.17) is 0 Å². The second kappa shape index (κ2) is 7.37. The average Bonchev–Trinajstić information content (AvgIpc) is 3.06. The van der Waals surface area contributed by atoms with Crippen molar-refractivity contribution in [1.82, 2.24) is 5.32 Å². The molecule has 0 aromatic heterocycles. The first kappa shape index (κ1) is 17.5. The fraction of sp³-hybridized carbons (Fsp3) is 0.208. The molecule has 3 heteroatoms. The monoisotopic (exact) mass is 357 g/mol. The van der Waals surface area contributed by atoms with Crippen LogP contribution in [0.3, 0.4) is 0 Å². The standard InChI is InChI=1S/C24H23NO2/c26-23(25-17-24(27)16-15-18-9-7-8-14-21(18)24)22(19-10-3-1-4-11-19)20-12-5-2-6-13-20/h1-14,22,27H,15-17H2,(H,25,26). The highest BCUT2D eigenvalue weighted by Gasteiger charge is 2.37. The number of hydrogen-bond acceptors (Lipinski definition) is 2. The van der Waals surface area contributed by atoms with Crippen LogP contribution in [-0.2, 0) is 16.8 Å². The number of aliphatic hydroxyl groups is 1. The normalized spacial score (nSPS) is 18.3. The van der Waals surface area contributed by atoms with Gasteiger partial charge < -0.3 is 10.4 Å². The molecule has 0 fully saturated rings. The Labute approximate surface area is 159 Å². The van der Waals surface area contributed by atoms with Crippen LogP contribution in [0.15, 0.2) is 84.9 Å². The van der Waals surface area contributed by atoms with E-state index in [1.807, 2.05) is 84.9 Å². The molecule has 136 valence electrons. The van der Waals surface area contributed by atoms with Crippen LogP contribution in [0.2, 0.25) is 0 Å². The summed E-state index contributed by atoms with van der Waals surface area (Å²) in [6, 6.07) is 27.5. The van der Waals surface area contributed by atoms with Crippen molar-refractivity contribution in [2.45, 2.75) is 24.4 Å². The third-order valence-electron chi connectivity index (χ3n) is 5.41. The molecular formula is C24H23NO2. The van der Waals surface area contributed by atoms with E-state index < -0.39 is 11.5 Å². The maximum absolute atomic E-state index is 13.1. The van der Waals surface area contributed by atoms with Gasteiger partial charge in [0.1, 0.15) is 5.60 Å². The Kier molecular flexibility index (Phi) is 4.78. The number of fused-ring (bicyclic) bond motifs is 1. The molecule has 1 aliphatic carbocycles. The van der Waals surface area contributed by atoms with Gasteiger partial charge in [-0.1, -0.05) is 84.9 Å². The van der Waals surface area contributed by atoms with Gasteiger partial charge in [0.2, 0.25) is 5.91 Å². The van der Waals surface area contributed by atoms with Crippen LogP contribution < -0.4 is 5.32 Å². The summed E-state index contributed by atoms with van der Waals surface area (Å²) in [5.74, 6) is -0.488. The third kappa shape index (κ3) is 3.51. The molecule has 0 saturated heterocycles. The van der Waals surface area contributed by atoms with Crippen LogP contribution in [0.1, 0.15) is 34.6 Å². The van der Waals surface area contributed by atoms with Crippen molar-refractivity contribution in [3.8, 4) is 0 Å². The Morgan fingerprint density at radius 3 is 2.07 bits per heavy atom. The summed E-state index contributed by atoms with van der Waals surface area (Å²) < 4.78 is 0. The Bertz CT molecular complexity index is 884. The number of carbonyl (C=O) groups excluding carboxylic acids is 1. The van der Waals surface area contributed by atoms with E-state index >= 15 is 0 Å². The van der Waals surface area contributed by atoms with E-state index in [0.717, 1.165) is 28.7 Å². The fourth-order valence-electron chi connectivity index (χ4n) is 3.97. The molecule has 1 amide bonds. The van der Waals surface area contributed by atoms with Crippen LogP contribution in [0.5, 0.6) is 0 Å². The predicted molar refractivity (Wildman–Crippen MR) is 106 cm³/mol. The number of nitrogens with one attached hydrogen (secondary N) is 1. The molecule has 1 unspecified atom stereocenters. The summed E-state index contributed by atoms with van der Waals surface area (Å²) in [6.45, 7) is 0.221. The Morgan fingerprint density at radius 2 is 1.44 bits per heavy atom. The van der Waals surface area contributed by atoms with Crippen LogP contribution in [-0.4, -0.2) is 17.6 Å².